The van der Waals surface area contributed by atoms with E-state index in [9.17, 15) is 13.2 Å². The number of halogens is 3. The molecule has 3 rings (SSSR count). The van der Waals surface area contributed by atoms with Crippen molar-refractivity contribution < 1.29 is 13.2 Å². The number of aromatic nitrogens is 1. The van der Waals surface area contributed by atoms with Crippen LogP contribution in [0.4, 0.5) is 19.0 Å². The maximum absolute atomic E-state index is 12.8. The highest BCUT2D eigenvalue weighted by molar-refractivity contribution is 5.37. The van der Waals surface area contributed by atoms with Crippen LogP contribution in [0.25, 0.3) is 0 Å². The molecule has 0 aromatic carbocycles. The summed E-state index contributed by atoms with van der Waals surface area (Å²) < 4.78 is 38.3. The topological polar surface area (TPSA) is 37.0 Å². The molecule has 0 unspecified atom stereocenters. The highest BCUT2D eigenvalue weighted by Crippen LogP contribution is 2.57. The van der Waals surface area contributed by atoms with Gasteiger partial charge in [-0.1, -0.05) is 6.07 Å². The van der Waals surface area contributed by atoms with E-state index in [-0.39, 0.29) is 19.4 Å². The minimum Gasteiger partial charge on any atom is -0.369 e. The molecule has 104 valence electrons. The summed E-state index contributed by atoms with van der Waals surface area (Å²) in [5, 5.41) is 5.99. The van der Waals surface area contributed by atoms with Gasteiger partial charge in [0.2, 0.25) is 0 Å². The van der Waals surface area contributed by atoms with Crippen molar-refractivity contribution in [2.24, 2.45) is 5.41 Å². The molecule has 1 saturated carbocycles. The number of hydrogen-bond acceptors (Lipinski definition) is 3. The van der Waals surface area contributed by atoms with E-state index in [0.717, 1.165) is 18.7 Å². The molecule has 3 nitrogen and oxygen atoms in total. The summed E-state index contributed by atoms with van der Waals surface area (Å²) in [6.07, 6.45) is -1.93. The summed E-state index contributed by atoms with van der Waals surface area (Å²) in [6.45, 7) is 1.82. The molecule has 0 radical (unpaired) electrons. The quantitative estimate of drug-likeness (QED) is 0.883. The molecule has 1 aromatic rings. The first kappa shape index (κ1) is 12.7. The van der Waals surface area contributed by atoms with Crippen LogP contribution in [0, 0.1) is 5.41 Å². The molecule has 0 spiro atoms. The smallest absolute Gasteiger partial charge is 0.369 e. The third kappa shape index (κ3) is 2.41. The van der Waals surface area contributed by atoms with Crippen LogP contribution in [0.15, 0.2) is 18.3 Å². The zero-order chi connectivity index (χ0) is 13.5. The van der Waals surface area contributed by atoms with Gasteiger partial charge in [-0.25, -0.2) is 4.98 Å². The van der Waals surface area contributed by atoms with E-state index in [4.69, 9.17) is 0 Å². The van der Waals surface area contributed by atoms with Crippen LogP contribution in [-0.2, 0) is 0 Å². The molecule has 0 amide bonds. The van der Waals surface area contributed by atoms with E-state index in [1.165, 1.54) is 0 Å². The van der Waals surface area contributed by atoms with Crippen molar-refractivity contribution in [3.05, 3.63) is 23.9 Å². The molecule has 6 heteroatoms. The Morgan fingerprint density at radius 1 is 1.32 bits per heavy atom. The van der Waals surface area contributed by atoms with Gasteiger partial charge in [0.1, 0.15) is 5.82 Å². The second-order valence-corrected chi connectivity index (χ2v) is 5.46. The van der Waals surface area contributed by atoms with Crippen LogP contribution in [0.2, 0.25) is 0 Å². The first-order valence-electron chi connectivity index (χ1n) is 6.47. The van der Waals surface area contributed by atoms with Crippen molar-refractivity contribution in [3.63, 3.8) is 0 Å². The Labute approximate surface area is 109 Å². The molecule has 1 aliphatic carbocycles. The Morgan fingerprint density at radius 3 is 2.47 bits per heavy atom. The van der Waals surface area contributed by atoms with Crippen LogP contribution in [0.5, 0.6) is 0 Å². The molecule has 2 aliphatic rings. The molecule has 2 heterocycles. The van der Waals surface area contributed by atoms with Crippen LogP contribution < -0.4 is 10.6 Å². The molecule has 0 bridgehead atoms. The van der Waals surface area contributed by atoms with Crippen LogP contribution >= 0.6 is 0 Å². The molecular formula is C13H16F3N3. The molecule has 2 fully saturated rings. The van der Waals surface area contributed by atoms with Gasteiger partial charge in [0.05, 0.1) is 5.41 Å². The van der Waals surface area contributed by atoms with Crippen LogP contribution in [0.3, 0.4) is 0 Å². The maximum atomic E-state index is 12.8. The van der Waals surface area contributed by atoms with Crippen molar-refractivity contribution >= 4 is 5.82 Å². The maximum Gasteiger partial charge on any atom is 0.396 e. The Balaban J connectivity index is 1.58. The van der Waals surface area contributed by atoms with Crippen LogP contribution in [-0.4, -0.2) is 30.8 Å². The number of nitrogens with one attached hydrogen (secondary N) is 2. The van der Waals surface area contributed by atoms with E-state index in [2.05, 4.69) is 15.6 Å². The number of rotatable bonds is 4. The number of pyridine rings is 1. The summed E-state index contributed by atoms with van der Waals surface area (Å²) in [5.41, 5.74) is -0.383. The minimum atomic E-state index is -4.11. The highest BCUT2D eigenvalue weighted by Gasteiger charge is 2.62. The Hall–Kier alpha value is -1.30. The van der Waals surface area contributed by atoms with Gasteiger partial charge >= 0.3 is 6.18 Å². The summed E-state index contributed by atoms with van der Waals surface area (Å²) >= 11 is 0. The lowest BCUT2D eigenvalue weighted by molar-refractivity contribution is -0.182. The Bertz CT molecular complexity index is 447. The Morgan fingerprint density at radius 2 is 2.05 bits per heavy atom. The minimum absolute atomic E-state index is 0.0756. The second-order valence-electron chi connectivity index (χ2n) is 5.46. The first-order chi connectivity index (χ1) is 9.00. The van der Waals surface area contributed by atoms with Crippen molar-refractivity contribution in [2.75, 3.05) is 25.0 Å². The van der Waals surface area contributed by atoms with E-state index in [1.54, 1.807) is 12.3 Å². The SMILES string of the molecule is FC(F)(F)C1(CNc2ccc(C3CNC3)cn2)CC1. The predicted octanol–water partition coefficient (Wildman–Crippen LogP) is 2.52. The van der Waals surface area contributed by atoms with Crippen molar-refractivity contribution in [1.29, 1.82) is 0 Å². The van der Waals surface area contributed by atoms with Gasteiger partial charge in [-0.05, 0) is 24.5 Å². The Kier molecular flexibility index (Phi) is 2.92. The monoisotopic (exact) mass is 271 g/mol. The van der Waals surface area contributed by atoms with E-state index >= 15 is 0 Å². The number of alkyl halides is 3. The summed E-state index contributed by atoms with van der Waals surface area (Å²) in [6, 6.07) is 3.70. The molecule has 19 heavy (non-hydrogen) atoms. The standard InChI is InChI=1S/C13H16F3N3/c14-13(15,16)12(3-4-12)8-19-11-2-1-9(7-18-11)10-5-17-6-10/h1-2,7,10,17H,3-6,8H2,(H,18,19). The summed E-state index contributed by atoms with van der Waals surface area (Å²) in [7, 11) is 0. The van der Waals surface area contributed by atoms with Gasteiger partial charge < -0.3 is 10.6 Å². The fraction of sp³-hybridized carbons (Fsp3) is 0.615. The van der Waals surface area contributed by atoms with Crippen molar-refractivity contribution in [1.82, 2.24) is 10.3 Å². The van der Waals surface area contributed by atoms with Gasteiger partial charge in [-0.3, -0.25) is 0 Å². The van der Waals surface area contributed by atoms with Crippen molar-refractivity contribution in [3.8, 4) is 0 Å². The fourth-order valence-electron chi connectivity index (χ4n) is 2.25. The lowest BCUT2D eigenvalue weighted by atomic mass is 9.95. The second kappa shape index (κ2) is 4.37. The number of anilines is 1. The molecular weight excluding hydrogens is 255 g/mol. The van der Waals surface area contributed by atoms with Gasteiger partial charge in [-0.15, -0.1) is 0 Å². The normalized spacial score (nSPS) is 21.8. The van der Waals surface area contributed by atoms with Crippen LogP contribution in [0.1, 0.15) is 24.3 Å². The number of nitrogens with zero attached hydrogens (tertiary/aromatic N) is 1. The van der Waals surface area contributed by atoms with Gasteiger partial charge in [0.15, 0.2) is 0 Å². The van der Waals surface area contributed by atoms with E-state index in [1.807, 2.05) is 6.07 Å². The third-order valence-corrected chi connectivity index (χ3v) is 4.10. The lowest BCUT2D eigenvalue weighted by Crippen LogP contribution is -2.39. The molecule has 1 saturated heterocycles. The molecule has 1 aromatic heterocycles. The van der Waals surface area contributed by atoms with Gasteiger partial charge in [0.25, 0.3) is 0 Å². The average Bonchev–Trinajstić information content (AvgIpc) is 3.06. The third-order valence-electron chi connectivity index (χ3n) is 4.10. The summed E-state index contributed by atoms with van der Waals surface area (Å²) in [4.78, 5) is 4.19. The number of hydrogen-bond donors (Lipinski definition) is 2. The van der Waals surface area contributed by atoms with Crippen molar-refractivity contribution in [2.45, 2.75) is 24.9 Å². The average molecular weight is 271 g/mol. The lowest BCUT2D eigenvalue weighted by Gasteiger charge is -2.27. The van der Waals surface area contributed by atoms with Gasteiger partial charge in [-0.2, -0.15) is 13.2 Å². The highest BCUT2D eigenvalue weighted by atomic mass is 19.4. The summed E-state index contributed by atoms with van der Waals surface area (Å²) in [5.74, 6) is 1.01. The fourth-order valence-corrected chi connectivity index (χ4v) is 2.25. The predicted molar refractivity (Wildman–Crippen MR) is 66.1 cm³/mol. The first-order valence-corrected chi connectivity index (χ1v) is 6.47. The van der Waals surface area contributed by atoms with Gasteiger partial charge in [0, 0.05) is 31.7 Å². The van der Waals surface area contributed by atoms with E-state index in [0.29, 0.717) is 11.7 Å². The zero-order valence-corrected chi connectivity index (χ0v) is 10.4. The largest absolute Gasteiger partial charge is 0.396 e. The molecule has 0 atom stereocenters. The molecule has 2 N–H and O–H groups in total. The van der Waals surface area contributed by atoms with E-state index < -0.39 is 11.6 Å². The molecule has 1 aliphatic heterocycles. The zero-order valence-electron chi connectivity index (χ0n) is 10.4.